The first-order valence-electron chi connectivity index (χ1n) is 7.76. The third-order valence-corrected chi connectivity index (χ3v) is 4.12. The molecule has 1 aliphatic carbocycles. The summed E-state index contributed by atoms with van der Waals surface area (Å²) in [5.74, 6) is 3.24. The van der Waals surface area contributed by atoms with E-state index in [1.807, 2.05) is 12.1 Å². The lowest BCUT2D eigenvalue weighted by atomic mass is 9.98. The third-order valence-electron chi connectivity index (χ3n) is 4.12. The number of rotatable bonds is 9. The Bertz CT molecular complexity index is 458. The second-order valence-corrected chi connectivity index (χ2v) is 5.58. The summed E-state index contributed by atoms with van der Waals surface area (Å²) >= 11 is 0. The maximum atomic E-state index is 5.56. The summed E-state index contributed by atoms with van der Waals surface area (Å²) in [5, 5.41) is 3.57. The van der Waals surface area contributed by atoms with Gasteiger partial charge in [-0.15, -0.1) is 0 Å². The van der Waals surface area contributed by atoms with E-state index < -0.39 is 0 Å². The summed E-state index contributed by atoms with van der Waals surface area (Å²) in [6.45, 7) is 3.07. The minimum atomic E-state index is 0.297. The van der Waals surface area contributed by atoms with Gasteiger partial charge >= 0.3 is 0 Å². The molecule has 1 unspecified atom stereocenters. The summed E-state index contributed by atoms with van der Waals surface area (Å²) in [5.41, 5.74) is 1.15. The molecule has 1 aliphatic rings. The average Bonchev–Trinajstić information content (AvgIpc) is 3.34. The van der Waals surface area contributed by atoms with E-state index in [1.54, 1.807) is 21.3 Å². The van der Waals surface area contributed by atoms with Gasteiger partial charge in [0.2, 0.25) is 0 Å². The Morgan fingerprint density at radius 3 is 2.19 bits per heavy atom. The van der Waals surface area contributed by atoms with Crippen molar-refractivity contribution in [1.29, 1.82) is 0 Å². The predicted octanol–water partition coefficient (Wildman–Crippen LogP) is 3.55. The lowest BCUT2D eigenvalue weighted by molar-refractivity contribution is 0.343. The zero-order valence-electron chi connectivity index (χ0n) is 13.6. The van der Waals surface area contributed by atoms with Crippen molar-refractivity contribution in [2.24, 2.45) is 5.92 Å². The Balaban J connectivity index is 2.26. The van der Waals surface area contributed by atoms with Crippen molar-refractivity contribution in [2.45, 2.75) is 38.6 Å². The molecule has 1 saturated carbocycles. The molecule has 0 spiro atoms. The quantitative estimate of drug-likeness (QED) is 0.756. The minimum absolute atomic E-state index is 0.297. The fourth-order valence-corrected chi connectivity index (χ4v) is 2.75. The van der Waals surface area contributed by atoms with Gasteiger partial charge in [0.15, 0.2) is 11.5 Å². The number of methoxy groups -OCH3 is 3. The van der Waals surface area contributed by atoms with Crippen LogP contribution in [-0.4, -0.2) is 27.9 Å². The highest BCUT2D eigenvalue weighted by Crippen LogP contribution is 2.41. The zero-order valence-corrected chi connectivity index (χ0v) is 13.6. The average molecular weight is 293 g/mol. The lowest BCUT2D eigenvalue weighted by Crippen LogP contribution is -2.21. The molecule has 1 N–H and O–H groups in total. The molecule has 0 amide bonds. The molecule has 1 fully saturated rings. The van der Waals surface area contributed by atoms with Crippen molar-refractivity contribution in [3.05, 3.63) is 17.7 Å². The van der Waals surface area contributed by atoms with Crippen molar-refractivity contribution in [2.75, 3.05) is 27.9 Å². The number of nitrogens with one attached hydrogen (secondary N) is 1. The second-order valence-electron chi connectivity index (χ2n) is 5.58. The third kappa shape index (κ3) is 4.03. The van der Waals surface area contributed by atoms with Gasteiger partial charge in [0, 0.05) is 17.7 Å². The van der Waals surface area contributed by atoms with Gasteiger partial charge < -0.3 is 19.5 Å². The molecular formula is C17H27NO3. The van der Waals surface area contributed by atoms with Gasteiger partial charge in [-0.25, -0.2) is 0 Å². The largest absolute Gasteiger partial charge is 0.496 e. The molecule has 21 heavy (non-hydrogen) atoms. The Morgan fingerprint density at radius 1 is 1.05 bits per heavy atom. The fourth-order valence-electron chi connectivity index (χ4n) is 2.75. The molecule has 1 aromatic rings. The molecule has 0 radical (unpaired) electrons. The van der Waals surface area contributed by atoms with Crippen LogP contribution in [0.2, 0.25) is 0 Å². The van der Waals surface area contributed by atoms with E-state index in [2.05, 4.69) is 12.2 Å². The summed E-state index contributed by atoms with van der Waals surface area (Å²) in [6, 6.07) is 4.25. The van der Waals surface area contributed by atoms with Gasteiger partial charge in [-0.1, -0.05) is 19.8 Å². The number of hydrogen-bond donors (Lipinski definition) is 1. The summed E-state index contributed by atoms with van der Waals surface area (Å²) in [6.07, 6.45) is 5.18. The maximum absolute atomic E-state index is 5.56. The number of hydrogen-bond acceptors (Lipinski definition) is 4. The van der Waals surface area contributed by atoms with Crippen molar-refractivity contribution in [1.82, 2.24) is 5.32 Å². The Kier molecular flexibility index (Phi) is 5.74. The maximum Gasteiger partial charge on any atom is 0.164 e. The molecule has 1 atom stereocenters. The molecule has 0 aromatic heterocycles. The molecule has 4 heteroatoms. The minimum Gasteiger partial charge on any atom is -0.496 e. The zero-order chi connectivity index (χ0) is 15.2. The highest BCUT2D eigenvalue weighted by molar-refractivity contribution is 5.51. The van der Waals surface area contributed by atoms with E-state index in [1.165, 1.54) is 19.3 Å². The second kappa shape index (κ2) is 7.55. The van der Waals surface area contributed by atoms with Crippen molar-refractivity contribution < 1.29 is 14.2 Å². The standard InChI is InChI=1S/C17H27NO3/c1-5-18-14(9-8-12-6-7-12)13-10-16(20-3)17(21-4)11-15(13)19-2/h10-12,14,18H,5-9H2,1-4H3. The highest BCUT2D eigenvalue weighted by atomic mass is 16.5. The van der Waals surface area contributed by atoms with Crippen molar-refractivity contribution >= 4 is 0 Å². The summed E-state index contributed by atoms with van der Waals surface area (Å²) in [7, 11) is 5.01. The van der Waals surface area contributed by atoms with Crippen molar-refractivity contribution in [3.8, 4) is 17.2 Å². The molecule has 4 nitrogen and oxygen atoms in total. The van der Waals surface area contributed by atoms with E-state index in [0.717, 1.165) is 35.9 Å². The van der Waals surface area contributed by atoms with Gasteiger partial charge in [0.05, 0.1) is 21.3 Å². The van der Waals surface area contributed by atoms with E-state index in [4.69, 9.17) is 14.2 Å². The van der Waals surface area contributed by atoms with Crippen LogP contribution in [0, 0.1) is 5.92 Å². The van der Waals surface area contributed by atoms with Gasteiger partial charge in [-0.2, -0.15) is 0 Å². The first kappa shape index (κ1) is 16.0. The highest BCUT2D eigenvalue weighted by Gasteiger charge is 2.25. The van der Waals surface area contributed by atoms with Gasteiger partial charge in [0.1, 0.15) is 5.75 Å². The topological polar surface area (TPSA) is 39.7 Å². The molecular weight excluding hydrogens is 266 g/mol. The molecule has 118 valence electrons. The molecule has 0 heterocycles. The Morgan fingerprint density at radius 2 is 1.67 bits per heavy atom. The van der Waals surface area contributed by atoms with Crippen LogP contribution in [-0.2, 0) is 0 Å². The first-order valence-corrected chi connectivity index (χ1v) is 7.76. The van der Waals surface area contributed by atoms with Crippen LogP contribution in [0.4, 0.5) is 0 Å². The van der Waals surface area contributed by atoms with Crippen molar-refractivity contribution in [3.63, 3.8) is 0 Å². The Hall–Kier alpha value is -1.42. The van der Waals surface area contributed by atoms with Crippen LogP contribution in [0.25, 0.3) is 0 Å². The van der Waals surface area contributed by atoms with Gasteiger partial charge in [-0.05, 0) is 31.4 Å². The van der Waals surface area contributed by atoms with Crippen LogP contribution in [0.3, 0.4) is 0 Å². The van der Waals surface area contributed by atoms with E-state index in [0.29, 0.717) is 11.8 Å². The summed E-state index contributed by atoms with van der Waals surface area (Å²) in [4.78, 5) is 0. The van der Waals surface area contributed by atoms with Gasteiger partial charge in [0.25, 0.3) is 0 Å². The molecule has 0 saturated heterocycles. The monoisotopic (exact) mass is 293 g/mol. The Labute approximate surface area is 127 Å². The molecule has 2 rings (SSSR count). The molecule has 1 aromatic carbocycles. The fraction of sp³-hybridized carbons (Fsp3) is 0.647. The molecule has 0 aliphatic heterocycles. The van der Waals surface area contributed by atoms with Gasteiger partial charge in [-0.3, -0.25) is 0 Å². The lowest BCUT2D eigenvalue weighted by Gasteiger charge is -2.22. The SMILES string of the molecule is CCNC(CCC1CC1)c1cc(OC)c(OC)cc1OC. The van der Waals surface area contributed by atoms with Crippen LogP contribution >= 0.6 is 0 Å². The van der Waals surface area contributed by atoms with E-state index >= 15 is 0 Å². The van der Waals surface area contributed by atoms with E-state index in [-0.39, 0.29) is 0 Å². The first-order chi connectivity index (χ1) is 10.2. The predicted molar refractivity (Wildman–Crippen MR) is 84.5 cm³/mol. The van der Waals surface area contributed by atoms with Crippen LogP contribution in [0.1, 0.15) is 44.2 Å². The van der Waals surface area contributed by atoms with Crippen LogP contribution in [0.5, 0.6) is 17.2 Å². The number of benzene rings is 1. The van der Waals surface area contributed by atoms with E-state index in [9.17, 15) is 0 Å². The van der Waals surface area contributed by atoms with Crippen LogP contribution in [0.15, 0.2) is 12.1 Å². The molecule has 0 bridgehead atoms. The normalized spacial score (nSPS) is 15.6. The summed E-state index contributed by atoms with van der Waals surface area (Å²) < 4.78 is 16.4. The van der Waals surface area contributed by atoms with Crippen LogP contribution < -0.4 is 19.5 Å². The number of ether oxygens (including phenoxy) is 3. The smallest absolute Gasteiger partial charge is 0.164 e.